The molecule has 1 aromatic carbocycles. The zero-order valence-corrected chi connectivity index (χ0v) is 13.9. The minimum Gasteiger partial charge on any atom is -0.254 e. The van der Waals surface area contributed by atoms with Crippen molar-refractivity contribution < 1.29 is 0 Å². The lowest BCUT2D eigenvalue weighted by atomic mass is 10.1. The number of nitrogens with one attached hydrogen (secondary N) is 1. The molecule has 7 heteroatoms. The molecule has 0 radical (unpaired) electrons. The minimum absolute atomic E-state index is 0.101. The largest absolute Gasteiger partial charge is 0.254 e. The summed E-state index contributed by atoms with van der Waals surface area (Å²) in [6.45, 7) is 6.04. The van der Waals surface area contributed by atoms with E-state index in [1.807, 2.05) is 20.8 Å². The average Bonchev–Trinajstić information content (AvgIpc) is 2.22. The second-order valence-electron chi connectivity index (χ2n) is 4.35. The summed E-state index contributed by atoms with van der Waals surface area (Å²) in [5.41, 5.74) is -0.101. The van der Waals surface area contributed by atoms with Crippen LogP contribution in [0.25, 0.3) is 0 Å². The van der Waals surface area contributed by atoms with Gasteiger partial charge in [0.05, 0.1) is 30.0 Å². The van der Waals surface area contributed by atoms with Crippen molar-refractivity contribution in [2.75, 3.05) is 0 Å². The maximum Gasteiger partial charge on any atom is 0.0809 e. The summed E-state index contributed by atoms with van der Waals surface area (Å²) in [6.07, 6.45) is 0. The molecule has 0 spiro atoms. The molecule has 0 aliphatic carbocycles. The number of rotatable bonds is 2. The Balaban J connectivity index is 3.16. The Labute approximate surface area is 130 Å². The molecule has 0 aromatic heterocycles. The molecule has 1 N–H and O–H groups in total. The minimum atomic E-state index is -0.101. The van der Waals surface area contributed by atoms with E-state index in [9.17, 15) is 0 Å². The fraction of sp³-hybridized carbons (Fsp3) is 0.400. The van der Waals surface area contributed by atoms with Crippen molar-refractivity contribution in [1.82, 2.24) is 4.72 Å². The smallest absolute Gasteiger partial charge is 0.0809 e. The van der Waals surface area contributed by atoms with E-state index >= 15 is 0 Å². The van der Waals surface area contributed by atoms with Crippen LogP contribution in [0.3, 0.4) is 0 Å². The van der Waals surface area contributed by atoms with Crippen molar-refractivity contribution in [2.45, 2.75) is 31.2 Å². The van der Waals surface area contributed by atoms with E-state index in [0.29, 0.717) is 14.9 Å². The van der Waals surface area contributed by atoms with Gasteiger partial charge in [-0.1, -0.05) is 58.0 Å². The molecule has 0 fully saturated rings. The van der Waals surface area contributed by atoms with E-state index in [1.165, 1.54) is 11.9 Å². The Hall–Kier alpha value is 0.980. The Morgan fingerprint density at radius 2 is 1.12 bits per heavy atom. The van der Waals surface area contributed by atoms with Crippen molar-refractivity contribution in [3.05, 3.63) is 25.1 Å². The number of hydrogen-bond donors (Lipinski definition) is 1. The first kappa shape index (κ1) is 16.0. The fourth-order valence-corrected chi connectivity index (χ4v) is 3.15. The first-order chi connectivity index (χ1) is 7.65. The molecule has 0 saturated heterocycles. The molecule has 0 heterocycles. The molecule has 0 aliphatic rings. The van der Waals surface area contributed by atoms with Gasteiger partial charge in [-0.15, -0.1) is 0 Å². The molecule has 0 atom stereocenters. The van der Waals surface area contributed by atoms with Crippen molar-refractivity contribution in [1.29, 1.82) is 0 Å². The van der Waals surface area contributed by atoms with Crippen LogP contribution < -0.4 is 4.72 Å². The Bertz CT molecular complexity index is 412. The molecule has 1 rings (SSSR count). The van der Waals surface area contributed by atoms with Gasteiger partial charge in [-0.2, -0.15) is 0 Å². The van der Waals surface area contributed by atoms with Crippen LogP contribution in [-0.4, -0.2) is 5.54 Å². The normalized spacial score (nSPS) is 12.0. The summed E-state index contributed by atoms with van der Waals surface area (Å²) < 4.78 is 3.18. The lowest BCUT2D eigenvalue weighted by molar-refractivity contribution is 0.535. The van der Waals surface area contributed by atoms with Crippen LogP contribution in [0, 0.1) is 0 Å². The lowest BCUT2D eigenvalue weighted by Gasteiger charge is -2.21. The maximum atomic E-state index is 6.08. The van der Waals surface area contributed by atoms with Gasteiger partial charge in [0, 0.05) is 5.54 Å². The molecule has 0 bridgehead atoms. The summed E-state index contributed by atoms with van der Waals surface area (Å²) in [4.78, 5) is 0.572. The van der Waals surface area contributed by atoms with Gasteiger partial charge < -0.3 is 0 Å². The third-order valence-electron chi connectivity index (χ3n) is 1.63. The SMILES string of the molecule is CC(C)(C)NSc1c(Cl)c(Cl)c(Cl)c(Cl)c1Cl. The molecule has 0 unspecified atom stereocenters. The Morgan fingerprint density at radius 1 is 0.765 bits per heavy atom. The van der Waals surface area contributed by atoms with Gasteiger partial charge in [-0.25, -0.2) is 0 Å². The summed E-state index contributed by atoms with van der Waals surface area (Å²) in [5, 5.41) is 1.19. The molecular weight excluding hydrogens is 343 g/mol. The zero-order chi connectivity index (χ0) is 13.4. The van der Waals surface area contributed by atoms with Gasteiger partial charge in [-0.05, 0) is 32.7 Å². The van der Waals surface area contributed by atoms with Crippen molar-refractivity contribution in [3.8, 4) is 0 Å². The van der Waals surface area contributed by atoms with E-state index in [0.717, 1.165) is 0 Å². The van der Waals surface area contributed by atoms with E-state index in [2.05, 4.69) is 4.72 Å². The summed E-state index contributed by atoms with van der Waals surface area (Å²) in [6, 6.07) is 0. The fourth-order valence-electron chi connectivity index (χ4n) is 0.878. The molecule has 0 saturated carbocycles. The third-order valence-corrected chi connectivity index (χ3v) is 5.46. The number of benzene rings is 1. The highest BCUT2D eigenvalue weighted by Crippen LogP contribution is 2.47. The van der Waals surface area contributed by atoms with Gasteiger partial charge in [0.2, 0.25) is 0 Å². The molecule has 96 valence electrons. The second-order valence-corrected chi connectivity index (χ2v) is 7.06. The second kappa shape index (κ2) is 5.96. The van der Waals surface area contributed by atoms with Crippen LogP contribution in [0.1, 0.15) is 20.8 Å². The number of halogens is 5. The van der Waals surface area contributed by atoms with Gasteiger partial charge in [0.25, 0.3) is 0 Å². The summed E-state index contributed by atoms with van der Waals surface area (Å²) in [7, 11) is 0. The van der Waals surface area contributed by atoms with Gasteiger partial charge >= 0.3 is 0 Å². The zero-order valence-electron chi connectivity index (χ0n) is 9.30. The molecule has 17 heavy (non-hydrogen) atoms. The van der Waals surface area contributed by atoms with Crippen LogP contribution in [0.2, 0.25) is 25.1 Å². The lowest BCUT2D eigenvalue weighted by Crippen LogP contribution is -2.29. The van der Waals surface area contributed by atoms with Crippen LogP contribution in [0.4, 0.5) is 0 Å². The van der Waals surface area contributed by atoms with E-state index in [4.69, 9.17) is 58.0 Å². The molecule has 0 amide bonds. The van der Waals surface area contributed by atoms with Crippen molar-refractivity contribution in [2.24, 2.45) is 0 Å². The third kappa shape index (κ3) is 3.97. The van der Waals surface area contributed by atoms with Gasteiger partial charge in [-0.3, -0.25) is 4.72 Å². The summed E-state index contributed by atoms with van der Waals surface area (Å²) in [5.74, 6) is 0. The Kier molecular flexibility index (Phi) is 5.62. The monoisotopic (exact) mass is 351 g/mol. The standard InChI is InChI=1S/C10H10Cl5NS/c1-10(2,3)16-17-9-7(14)5(12)4(11)6(13)8(9)15/h16H,1-3H3. The first-order valence-corrected chi connectivity index (χ1v) is 7.31. The highest BCUT2D eigenvalue weighted by Gasteiger charge is 2.21. The predicted molar refractivity (Wildman–Crippen MR) is 80.2 cm³/mol. The molecule has 1 aromatic rings. The predicted octanol–water partition coefficient (Wildman–Crippen LogP) is 6.35. The van der Waals surface area contributed by atoms with E-state index < -0.39 is 0 Å². The highest BCUT2D eigenvalue weighted by atomic mass is 35.5. The molecular formula is C10H10Cl5NS. The van der Waals surface area contributed by atoms with Gasteiger partial charge in [0.15, 0.2) is 0 Å². The topological polar surface area (TPSA) is 12.0 Å². The van der Waals surface area contributed by atoms with Gasteiger partial charge in [0.1, 0.15) is 0 Å². The molecule has 1 nitrogen and oxygen atoms in total. The van der Waals surface area contributed by atoms with Crippen LogP contribution in [-0.2, 0) is 0 Å². The van der Waals surface area contributed by atoms with Crippen LogP contribution in [0.15, 0.2) is 4.90 Å². The quantitative estimate of drug-likeness (QED) is 0.378. The maximum absolute atomic E-state index is 6.08. The van der Waals surface area contributed by atoms with E-state index in [-0.39, 0.29) is 20.6 Å². The highest BCUT2D eigenvalue weighted by molar-refractivity contribution is 7.97. The van der Waals surface area contributed by atoms with E-state index in [1.54, 1.807) is 0 Å². The summed E-state index contributed by atoms with van der Waals surface area (Å²) >= 11 is 31.3. The first-order valence-electron chi connectivity index (χ1n) is 4.60. The van der Waals surface area contributed by atoms with Crippen molar-refractivity contribution >= 4 is 70.0 Å². The van der Waals surface area contributed by atoms with Crippen LogP contribution in [0.5, 0.6) is 0 Å². The van der Waals surface area contributed by atoms with Crippen LogP contribution >= 0.6 is 70.0 Å². The van der Waals surface area contributed by atoms with Crippen molar-refractivity contribution in [3.63, 3.8) is 0 Å². The average molecular weight is 354 g/mol. The number of hydrogen-bond acceptors (Lipinski definition) is 2. The molecule has 0 aliphatic heterocycles. The Morgan fingerprint density at radius 3 is 1.47 bits per heavy atom.